The number of esters is 1. The molecule has 1 amide bonds. The summed E-state index contributed by atoms with van der Waals surface area (Å²) in [5.74, 6) is -0.886. The van der Waals surface area contributed by atoms with E-state index in [1.165, 1.54) is 31.4 Å². The van der Waals surface area contributed by atoms with E-state index in [1.807, 2.05) is 0 Å². The lowest BCUT2D eigenvalue weighted by Crippen LogP contribution is -2.34. The Morgan fingerprint density at radius 1 is 1.00 bits per heavy atom. The molecule has 124 valence electrons. The van der Waals surface area contributed by atoms with Crippen molar-refractivity contribution in [2.45, 2.75) is 0 Å². The largest absolute Gasteiger partial charge is 0.465 e. The first kappa shape index (κ1) is 18.2. The molecule has 0 fully saturated rings. The number of amides is 1. The number of benzene rings is 2. The molecular weight excluding hydrogens is 371 g/mol. The average Bonchev–Trinajstić information content (AvgIpc) is 2.57. The minimum atomic E-state index is -0.473. The minimum absolute atomic E-state index is 0.107. The van der Waals surface area contributed by atoms with Crippen molar-refractivity contribution in [3.05, 3.63) is 63.6 Å². The molecule has 2 aromatic rings. The minimum Gasteiger partial charge on any atom is -0.465 e. The summed E-state index contributed by atoms with van der Waals surface area (Å²) in [6.07, 6.45) is 0. The van der Waals surface area contributed by atoms with Gasteiger partial charge in [0.05, 0.1) is 22.7 Å². The molecule has 0 unspecified atom stereocenters. The summed E-state index contributed by atoms with van der Waals surface area (Å²) in [5, 5.41) is 6.26. The van der Waals surface area contributed by atoms with Crippen LogP contribution in [0, 0.1) is 0 Å². The number of hydrogen-bond acceptors (Lipinski definition) is 4. The third kappa shape index (κ3) is 4.67. The molecule has 24 heavy (non-hydrogen) atoms. The van der Waals surface area contributed by atoms with Gasteiger partial charge in [-0.15, -0.1) is 0 Å². The van der Waals surface area contributed by atoms with Gasteiger partial charge in [-0.3, -0.25) is 10.1 Å². The number of nitrogens with one attached hydrogen (secondary N) is 2. The first-order valence-corrected chi connectivity index (χ1v) is 7.83. The van der Waals surface area contributed by atoms with Gasteiger partial charge in [0.25, 0.3) is 5.91 Å². The molecule has 2 N–H and O–H groups in total. The van der Waals surface area contributed by atoms with Crippen molar-refractivity contribution in [2.75, 3.05) is 12.4 Å². The third-order valence-corrected chi connectivity index (χ3v) is 3.92. The maximum atomic E-state index is 12.1. The molecule has 0 atom stereocenters. The average molecular weight is 383 g/mol. The van der Waals surface area contributed by atoms with E-state index in [-0.39, 0.29) is 5.11 Å². The molecule has 0 bridgehead atoms. The Morgan fingerprint density at radius 2 is 1.62 bits per heavy atom. The zero-order chi connectivity index (χ0) is 17.7. The van der Waals surface area contributed by atoms with E-state index in [9.17, 15) is 9.59 Å². The summed E-state index contributed by atoms with van der Waals surface area (Å²) in [4.78, 5) is 23.5. The first-order valence-electron chi connectivity index (χ1n) is 6.66. The summed E-state index contributed by atoms with van der Waals surface area (Å²) < 4.78 is 4.60. The van der Waals surface area contributed by atoms with E-state index in [4.69, 9.17) is 35.4 Å². The molecule has 0 heterocycles. The van der Waals surface area contributed by atoms with E-state index in [0.717, 1.165) is 0 Å². The second kappa shape index (κ2) is 8.10. The van der Waals surface area contributed by atoms with Crippen LogP contribution in [0.3, 0.4) is 0 Å². The number of carbonyl (C=O) groups excluding carboxylic acids is 2. The predicted molar refractivity (Wildman–Crippen MR) is 97.9 cm³/mol. The van der Waals surface area contributed by atoms with Gasteiger partial charge in [-0.25, -0.2) is 4.79 Å². The van der Waals surface area contributed by atoms with Crippen molar-refractivity contribution in [1.29, 1.82) is 0 Å². The van der Waals surface area contributed by atoms with E-state index >= 15 is 0 Å². The Kier molecular flexibility index (Phi) is 6.14. The highest BCUT2D eigenvalue weighted by atomic mass is 35.5. The Morgan fingerprint density at radius 3 is 2.21 bits per heavy atom. The second-order valence-electron chi connectivity index (χ2n) is 4.61. The topological polar surface area (TPSA) is 67.4 Å². The molecule has 0 radical (unpaired) electrons. The second-order valence-corrected chi connectivity index (χ2v) is 5.83. The zero-order valence-electron chi connectivity index (χ0n) is 12.4. The van der Waals surface area contributed by atoms with E-state index in [0.29, 0.717) is 26.9 Å². The van der Waals surface area contributed by atoms with Crippen molar-refractivity contribution < 1.29 is 14.3 Å². The quantitative estimate of drug-likeness (QED) is 0.622. The number of carbonyl (C=O) groups is 2. The van der Waals surface area contributed by atoms with Crippen LogP contribution in [0.5, 0.6) is 0 Å². The van der Waals surface area contributed by atoms with E-state index < -0.39 is 11.9 Å². The Hall–Kier alpha value is -2.15. The highest BCUT2D eigenvalue weighted by molar-refractivity contribution is 7.80. The summed E-state index contributed by atoms with van der Waals surface area (Å²) in [5.41, 5.74) is 1.29. The molecule has 0 spiro atoms. The first-order chi connectivity index (χ1) is 11.4. The molecule has 8 heteroatoms. The van der Waals surface area contributed by atoms with Crippen molar-refractivity contribution in [3.8, 4) is 0 Å². The van der Waals surface area contributed by atoms with Gasteiger partial charge in [0, 0.05) is 11.3 Å². The molecule has 0 aliphatic heterocycles. The van der Waals surface area contributed by atoms with Crippen LogP contribution in [-0.4, -0.2) is 24.1 Å². The van der Waals surface area contributed by atoms with Crippen LogP contribution in [0.15, 0.2) is 42.5 Å². The van der Waals surface area contributed by atoms with Crippen LogP contribution in [-0.2, 0) is 4.74 Å². The van der Waals surface area contributed by atoms with Gasteiger partial charge < -0.3 is 10.1 Å². The number of hydrogen-bond donors (Lipinski definition) is 2. The lowest BCUT2D eigenvalue weighted by atomic mass is 10.1. The maximum absolute atomic E-state index is 12.1. The molecule has 0 aromatic heterocycles. The van der Waals surface area contributed by atoms with Crippen LogP contribution in [0.4, 0.5) is 5.69 Å². The Bertz CT molecular complexity index is 794. The molecular formula is C16H12Cl2N2O3S. The summed E-state index contributed by atoms with van der Waals surface area (Å²) in [6.45, 7) is 0. The molecule has 0 aliphatic rings. The number of rotatable bonds is 3. The van der Waals surface area contributed by atoms with Crippen LogP contribution in [0.25, 0.3) is 0 Å². The van der Waals surface area contributed by atoms with Crippen LogP contribution in [0.2, 0.25) is 10.0 Å². The van der Waals surface area contributed by atoms with Crippen molar-refractivity contribution >= 4 is 58.1 Å². The molecule has 2 rings (SSSR count). The van der Waals surface area contributed by atoms with Gasteiger partial charge >= 0.3 is 5.97 Å². The Labute approximate surface area is 153 Å². The van der Waals surface area contributed by atoms with Crippen molar-refractivity contribution in [2.24, 2.45) is 0 Å². The number of methoxy groups -OCH3 is 1. The maximum Gasteiger partial charge on any atom is 0.337 e. The fourth-order valence-corrected chi connectivity index (χ4v) is 2.30. The standard InChI is InChI=1S/C16H12Cl2N2O3S/c1-23-15(22)10-4-2-9(3-5-10)14(21)20-16(24)19-11-6-7-12(17)13(18)8-11/h2-8H,1H3,(H2,19,20,21,24). The number of anilines is 1. The lowest BCUT2D eigenvalue weighted by Gasteiger charge is -2.10. The van der Waals surface area contributed by atoms with Gasteiger partial charge in [0.1, 0.15) is 0 Å². The fourth-order valence-electron chi connectivity index (χ4n) is 1.79. The van der Waals surface area contributed by atoms with Gasteiger partial charge in [-0.1, -0.05) is 23.2 Å². The summed E-state index contributed by atoms with van der Waals surface area (Å²) in [7, 11) is 1.29. The third-order valence-electron chi connectivity index (χ3n) is 2.97. The molecule has 0 saturated carbocycles. The highest BCUT2D eigenvalue weighted by Gasteiger charge is 2.10. The number of thiocarbonyl (C=S) groups is 1. The van der Waals surface area contributed by atoms with Gasteiger partial charge in [-0.05, 0) is 54.7 Å². The van der Waals surface area contributed by atoms with Crippen LogP contribution in [0.1, 0.15) is 20.7 Å². The zero-order valence-corrected chi connectivity index (χ0v) is 14.8. The van der Waals surface area contributed by atoms with Crippen molar-refractivity contribution in [3.63, 3.8) is 0 Å². The van der Waals surface area contributed by atoms with E-state index in [2.05, 4.69) is 15.4 Å². The lowest BCUT2D eigenvalue weighted by molar-refractivity contribution is 0.0600. The number of halogens is 2. The molecule has 5 nitrogen and oxygen atoms in total. The van der Waals surface area contributed by atoms with Gasteiger partial charge in [-0.2, -0.15) is 0 Å². The van der Waals surface area contributed by atoms with Crippen molar-refractivity contribution in [1.82, 2.24) is 5.32 Å². The Balaban J connectivity index is 1.99. The molecule has 2 aromatic carbocycles. The van der Waals surface area contributed by atoms with Crippen LogP contribution >= 0.6 is 35.4 Å². The van der Waals surface area contributed by atoms with Gasteiger partial charge in [0.2, 0.25) is 0 Å². The molecule has 0 aliphatic carbocycles. The monoisotopic (exact) mass is 382 g/mol. The smallest absolute Gasteiger partial charge is 0.337 e. The molecule has 0 saturated heterocycles. The number of ether oxygens (including phenoxy) is 1. The SMILES string of the molecule is COC(=O)c1ccc(C(=O)NC(=S)Nc2ccc(Cl)c(Cl)c2)cc1. The highest BCUT2D eigenvalue weighted by Crippen LogP contribution is 2.24. The summed E-state index contributed by atoms with van der Waals surface area (Å²) >= 11 is 16.8. The fraction of sp³-hybridized carbons (Fsp3) is 0.0625. The van der Waals surface area contributed by atoms with Gasteiger partial charge in [0.15, 0.2) is 5.11 Å². The van der Waals surface area contributed by atoms with E-state index in [1.54, 1.807) is 18.2 Å². The summed E-state index contributed by atoms with van der Waals surface area (Å²) in [6, 6.07) is 10.9. The normalized spacial score (nSPS) is 9.96. The predicted octanol–water partition coefficient (Wildman–Crippen LogP) is 3.91. The van der Waals surface area contributed by atoms with Crippen LogP contribution < -0.4 is 10.6 Å².